The summed E-state index contributed by atoms with van der Waals surface area (Å²) in [7, 11) is 0. The predicted molar refractivity (Wildman–Crippen MR) is 66.4 cm³/mol. The van der Waals surface area contributed by atoms with E-state index < -0.39 is 0 Å². The number of nitrogens with zero attached hydrogens (tertiary/aromatic N) is 1. The van der Waals surface area contributed by atoms with Crippen LogP contribution >= 0.6 is 11.8 Å². The first-order valence-corrected chi connectivity index (χ1v) is 7.08. The van der Waals surface area contributed by atoms with Crippen LogP contribution < -0.4 is 5.32 Å². The summed E-state index contributed by atoms with van der Waals surface area (Å²) < 4.78 is 0. The Bertz CT molecular complexity index is 279. The largest absolute Gasteiger partial charge is 0.364 e. The molecule has 2 saturated carbocycles. The molecule has 0 spiro atoms. The Balaban J connectivity index is 1.44. The Morgan fingerprint density at radius 2 is 2.27 bits per heavy atom. The zero-order valence-electron chi connectivity index (χ0n) is 9.46. The van der Waals surface area contributed by atoms with E-state index in [0.717, 1.165) is 24.3 Å². The normalized spacial score (nSPS) is 33.4. The van der Waals surface area contributed by atoms with Gasteiger partial charge in [0.15, 0.2) is 5.17 Å². The summed E-state index contributed by atoms with van der Waals surface area (Å²) in [5, 5.41) is 5.58. The minimum absolute atomic E-state index is 0.570. The van der Waals surface area contributed by atoms with Gasteiger partial charge in [0, 0.05) is 11.8 Å². The molecule has 3 heteroatoms. The van der Waals surface area contributed by atoms with Gasteiger partial charge in [-0.2, -0.15) is 0 Å². The summed E-state index contributed by atoms with van der Waals surface area (Å²) in [5.74, 6) is 0.984. The molecule has 0 saturated heterocycles. The van der Waals surface area contributed by atoms with Crippen LogP contribution in [0.15, 0.2) is 4.99 Å². The molecule has 0 aromatic rings. The predicted octanol–water partition coefficient (Wildman–Crippen LogP) is 2.65. The van der Waals surface area contributed by atoms with E-state index in [1.165, 1.54) is 37.3 Å². The summed E-state index contributed by atoms with van der Waals surface area (Å²) in [6.45, 7) is 4.59. The van der Waals surface area contributed by atoms with Gasteiger partial charge >= 0.3 is 0 Å². The van der Waals surface area contributed by atoms with Crippen molar-refractivity contribution >= 4 is 16.9 Å². The van der Waals surface area contributed by atoms with E-state index in [2.05, 4.69) is 17.2 Å². The third-order valence-corrected chi connectivity index (χ3v) is 5.39. The first-order chi connectivity index (χ1) is 7.25. The van der Waals surface area contributed by atoms with Crippen LogP contribution in [0.25, 0.3) is 0 Å². The molecule has 2 fully saturated rings. The van der Waals surface area contributed by atoms with Crippen LogP contribution in [0, 0.1) is 11.3 Å². The quantitative estimate of drug-likeness (QED) is 0.797. The molecule has 0 aromatic carbocycles. The van der Waals surface area contributed by atoms with Gasteiger partial charge < -0.3 is 5.32 Å². The Morgan fingerprint density at radius 3 is 2.87 bits per heavy atom. The highest BCUT2D eigenvalue weighted by atomic mass is 32.2. The van der Waals surface area contributed by atoms with Crippen LogP contribution in [-0.4, -0.2) is 23.5 Å². The van der Waals surface area contributed by atoms with Gasteiger partial charge in [0.25, 0.3) is 0 Å². The Morgan fingerprint density at radius 1 is 1.47 bits per heavy atom. The first-order valence-electron chi connectivity index (χ1n) is 6.20. The van der Waals surface area contributed by atoms with Crippen molar-refractivity contribution in [2.45, 2.75) is 44.3 Å². The van der Waals surface area contributed by atoms with Crippen molar-refractivity contribution in [2.24, 2.45) is 16.3 Å². The number of thioether (sulfide) groups is 1. The van der Waals surface area contributed by atoms with E-state index in [1.54, 1.807) is 0 Å². The monoisotopic (exact) mass is 224 g/mol. The summed E-state index contributed by atoms with van der Waals surface area (Å²) >= 11 is 2.00. The Labute approximate surface area is 96.3 Å². The molecule has 1 heterocycles. The van der Waals surface area contributed by atoms with Crippen LogP contribution in [-0.2, 0) is 0 Å². The summed E-state index contributed by atoms with van der Waals surface area (Å²) in [6.07, 6.45) is 7.09. The third-order valence-electron chi connectivity index (χ3n) is 4.05. The minimum Gasteiger partial charge on any atom is -0.364 e. The lowest BCUT2D eigenvalue weighted by molar-refractivity contribution is 0.166. The number of aliphatic imine (C=N–C) groups is 1. The highest BCUT2D eigenvalue weighted by Crippen LogP contribution is 2.42. The molecule has 84 valence electrons. The molecule has 2 nitrogen and oxygen atoms in total. The molecule has 15 heavy (non-hydrogen) atoms. The molecule has 1 N–H and O–H groups in total. The topological polar surface area (TPSA) is 24.4 Å². The summed E-state index contributed by atoms with van der Waals surface area (Å²) in [6, 6.07) is 0. The van der Waals surface area contributed by atoms with E-state index >= 15 is 0 Å². The van der Waals surface area contributed by atoms with Crippen LogP contribution in [0.1, 0.15) is 39.0 Å². The zero-order chi connectivity index (χ0) is 10.3. The molecule has 1 aliphatic heterocycles. The lowest BCUT2D eigenvalue weighted by Crippen LogP contribution is -2.38. The van der Waals surface area contributed by atoms with Gasteiger partial charge in [0.2, 0.25) is 0 Å². The van der Waals surface area contributed by atoms with Gasteiger partial charge in [-0.1, -0.05) is 25.1 Å². The lowest BCUT2D eigenvalue weighted by atomic mass is 9.70. The average Bonchev–Trinajstić information content (AvgIpc) is 2.93. The van der Waals surface area contributed by atoms with Gasteiger partial charge in [-0.25, -0.2) is 0 Å². The maximum atomic E-state index is 4.61. The SMILES string of the molecule is CC1(CNC2=NCC(C3CC3)S2)CCC1. The van der Waals surface area contributed by atoms with Crippen molar-refractivity contribution in [2.75, 3.05) is 13.1 Å². The second kappa shape index (κ2) is 3.69. The van der Waals surface area contributed by atoms with Crippen molar-refractivity contribution in [1.29, 1.82) is 0 Å². The van der Waals surface area contributed by atoms with Crippen molar-refractivity contribution in [3.8, 4) is 0 Å². The number of hydrogen-bond acceptors (Lipinski definition) is 3. The average molecular weight is 224 g/mol. The maximum absolute atomic E-state index is 4.61. The molecule has 0 aromatic heterocycles. The Hall–Kier alpha value is -0.180. The second-order valence-corrected chi connectivity index (χ2v) is 6.89. The number of amidine groups is 1. The van der Waals surface area contributed by atoms with Gasteiger partial charge in [-0.15, -0.1) is 0 Å². The number of nitrogens with one attached hydrogen (secondary N) is 1. The molecule has 2 aliphatic carbocycles. The van der Waals surface area contributed by atoms with E-state index in [4.69, 9.17) is 0 Å². The third kappa shape index (κ3) is 2.17. The molecule has 3 rings (SSSR count). The summed E-state index contributed by atoms with van der Waals surface area (Å²) in [4.78, 5) is 4.61. The van der Waals surface area contributed by atoms with E-state index in [9.17, 15) is 0 Å². The van der Waals surface area contributed by atoms with Crippen LogP contribution in [0.4, 0.5) is 0 Å². The highest BCUT2D eigenvalue weighted by molar-refractivity contribution is 8.14. The maximum Gasteiger partial charge on any atom is 0.156 e. The van der Waals surface area contributed by atoms with E-state index in [-0.39, 0.29) is 0 Å². The summed E-state index contributed by atoms with van der Waals surface area (Å²) in [5.41, 5.74) is 0.570. The molecular weight excluding hydrogens is 204 g/mol. The second-order valence-electron chi connectivity index (χ2n) is 5.66. The number of hydrogen-bond donors (Lipinski definition) is 1. The standard InChI is InChI=1S/C12H20N2S/c1-12(5-2-6-12)8-14-11-13-7-10(15-11)9-3-4-9/h9-10H,2-8H2,1H3,(H,13,14). The fourth-order valence-corrected chi connectivity index (χ4v) is 3.65. The van der Waals surface area contributed by atoms with Crippen LogP contribution in [0.2, 0.25) is 0 Å². The van der Waals surface area contributed by atoms with Crippen molar-refractivity contribution in [1.82, 2.24) is 5.32 Å². The van der Waals surface area contributed by atoms with Gasteiger partial charge in [-0.3, -0.25) is 4.99 Å². The molecule has 1 unspecified atom stereocenters. The first kappa shape index (κ1) is 10.0. The molecule has 0 radical (unpaired) electrons. The molecule has 0 bridgehead atoms. The van der Waals surface area contributed by atoms with Crippen molar-refractivity contribution in [3.05, 3.63) is 0 Å². The van der Waals surface area contributed by atoms with E-state index in [0.29, 0.717) is 5.41 Å². The Kier molecular flexibility index (Phi) is 2.46. The van der Waals surface area contributed by atoms with Crippen LogP contribution in [0.5, 0.6) is 0 Å². The molecule has 3 aliphatic rings. The molecule has 1 atom stereocenters. The molecule has 0 amide bonds. The van der Waals surface area contributed by atoms with Crippen molar-refractivity contribution in [3.63, 3.8) is 0 Å². The highest BCUT2D eigenvalue weighted by Gasteiger charge is 2.36. The zero-order valence-corrected chi connectivity index (χ0v) is 10.3. The minimum atomic E-state index is 0.570. The fraction of sp³-hybridized carbons (Fsp3) is 0.917. The molecular formula is C12H20N2S. The van der Waals surface area contributed by atoms with Crippen molar-refractivity contribution < 1.29 is 0 Å². The van der Waals surface area contributed by atoms with E-state index in [1.807, 2.05) is 11.8 Å². The van der Waals surface area contributed by atoms with Gasteiger partial charge in [0.05, 0.1) is 6.54 Å². The lowest BCUT2D eigenvalue weighted by Gasteiger charge is -2.38. The fourth-order valence-electron chi connectivity index (χ4n) is 2.45. The van der Waals surface area contributed by atoms with Gasteiger partial charge in [-0.05, 0) is 37.0 Å². The van der Waals surface area contributed by atoms with Crippen LogP contribution in [0.3, 0.4) is 0 Å². The smallest absolute Gasteiger partial charge is 0.156 e. The number of rotatable bonds is 3. The van der Waals surface area contributed by atoms with Gasteiger partial charge in [0.1, 0.15) is 0 Å².